The maximum Gasteiger partial charge on any atom is 0.248 e. The molecule has 176 valence electrons. The molecular formula is C27H25N5O3. The molecule has 2 aromatic carbocycles. The van der Waals surface area contributed by atoms with Gasteiger partial charge < -0.3 is 20.1 Å². The summed E-state index contributed by atoms with van der Waals surface area (Å²) in [4.78, 5) is 25.6. The van der Waals surface area contributed by atoms with E-state index in [1.165, 1.54) is 6.08 Å². The van der Waals surface area contributed by atoms with Gasteiger partial charge in [0.05, 0.1) is 19.9 Å². The number of nitrogens with zero attached hydrogens (tertiary/aromatic N) is 3. The average Bonchev–Trinajstić information content (AvgIpc) is 2.90. The van der Waals surface area contributed by atoms with Gasteiger partial charge >= 0.3 is 0 Å². The fourth-order valence-electron chi connectivity index (χ4n) is 3.36. The summed E-state index contributed by atoms with van der Waals surface area (Å²) < 4.78 is 10.5. The number of hydrogen-bond acceptors (Lipinski definition) is 7. The van der Waals surface area contributed by atoms with Crippen molar-refractivity contribution >= 4 is 29.3 Å². The van der Waals surface area contributed by atoms with Gasteiger partial charge in [-0.3, -0.25) is 9.78 Å². The van der Waals surface area contributed by atoms with Gasteiger partial charge in [0.25, 0.3) is 0 Å². The lowest BCUT2D eigenvalue weighted by Gasteiger charge is -2.11. The minimum absolute atomic E-state index is 0.260. The molecule has 0 saturated carbocycles. The zero-order valence-corrected chi connectivity index (χ0v) is 19.6. The number of pyridine rings is 1. The molecule has 4 aromatic rings. The second kappa shape index (κ2) is 10.9. The van der Waals surface area contributed by atoms with Crippen molar-refractivity contribution in [3.63, 3.8) is 0 Å². The van der Waals surface area contributed by atoms with Crippen molar-refractivity contribution in [2.45, 2.75) is 6.92 Å². The van der Waals surface area contributed by atoms with Crippen molar-refractivity contribution in [1.82, 2.24) is 15.0 Å². The van der Waals surface area contributed by atoms with Gasteiger partial charge in [-0.25, -0.2) is 9.97 Å². The highest BCUT2D eigenvalue weighted by Crippen LogP contribution is 2.28. The number of rotatable bonds is 8. The number of amides is 1. The largest absolute Gasteiger partial charge is 0.493 e. The van der Waals surface area contributed by atoms with Gasteiger partial charge in [0.2, 0.25) is 11.9 Å². The van der Waals surface area contributed by atoms with Gasteiger partial charge in [0.15, 0.2) is 11.5 Å². The highest BCUT2D eigenvalue weighted by Gasteiger charge is 2.08. The Morgan fingerprint density at radius 1 is 0.971 bits per heavy atom. The molecule has 2 heterocycles. The Kier molecular flexibility index (Phi) is 7.32. The summed E-state index contributed by atoms with van der Waals surface area (Å²) in [5.74, 6) is 1.42. The van der Waals surface area contributed by atoms with Gasteiger partial charge in [-0.1, -0.05) is 12.1 Å². The monoisotopic (exact) mass is 467 g/mol. The third-order valence-electron chi connectivity index (χ3n) is 5.20. The molecule has 8 heteroatoms. The minimum atomic E-state index is -0.260. The highest BCUT2D eigenvalue weighted by molar-refractivity contribution is 6.02. The van der Waals surface area contributed by atoms with E-state index in [0.29, 0.717) is 23.1 Å². The van der Waals surface area contributed by atoms with E-state index < -0.39 is 0 Å². The summed E-state index contributed by atoms with van der Waals surface area (Å²) in [6.45, 7) is 1.97. The van der Waals surface area contributed by atoms with E-state index in [1.807, 2.05) is 49.4 Å². The molecule has 0 spiro atoms. The van der Waals surface area contributed by atoms with Crippen molar-refractivity contribution in [2.24, 2.45) is 0 Å². The Bertz CT molecular complexity index is 1360. The maximum atomic E-state index is 12.5. The van der Waals surface area contributed by atoms with Gasteiger partial charge in [-0.15, -0.1) is 0 Å². The van der Waals surface area contributed by atoms with E-state index in [2.05, 4.69) is 25.6 Å². The van der Waals surface area contributed by atoms with Crippen LogP contribution in [0.15, 0.2) is 79.3 Å². The van der Waals surface area contributed by atoms with Gasteiger partial charge in [-0.2, -0.15) is 0 Å². The van der Waals surface area contributed by atoms with E-state index in [9.17, 15) is 4.79 Å². The second-order valence-electron chi connectivity index (χ2n) is 7.60. The summed E-state index contributed by atoms with van der Waals surface area (Å²) in [5.41, 5.74) is 4.89. The quantitative estimate of drug-likeness (QED) is 0.341. The van der Waals surface area contributed by atoms with Crippen molar-refractivity contribution in [3.8, 4) is 22.8 Å². The molecule has 35 heavy (non-hydrogen) atoms. The number of methoxy groups -OCH3 is 2. The number of ether oxygens (including phenoxy) is 2. The third kappa shape index (κ3) is 6.00. The van der Waals surface area contributed by atoms with Gasteiger partial charge in [0, 0.05) is 41.6 Å². The standard InChI is InChI=1S/C27H25N5O3/c1-18-6-9-21(30-26(33)11-8-19-7-10-24(34-2)25(15-19)35-3)16-23(18)32-27-29-14-12-22(31-27)20-5-4-13-28-17-20/h4-17H,1-3H3,(H,30,33)(H,29,31,32)/b11-8+. The smallest absolute Gasteiger partial charge is 0.248 e. The number of carbonyl (C=O) groups excluding carboxylic acids is 1. The molecule has 0 aliphatic heterocycles. The molecule has 0 radical (unpaired) electrons. The fraction of sp³-hybridized carbons (Fsp3) is 0.111. The first-order valence-electron chi connectivity index (χ1n) is 10.9. The Morgan fingerprint density at radius 3 is 2.60 bits per heavy atom. The van der Waals surface area contributed by atoms with E-state index in [-0.39, 0.29) is 5.91 Å². The Hall–Kier alpha value is -4.72. The summed E-state index contributed by atoms with van der Waals surface area (Å²) in [6.07, 6.45) is 8.34. The first-order valence-corrected chi connectivity index (χ1v) is 10.9. The lowest BCUT2D eigenvalue weighted by molar-refractivity contribution is -0.111. The molecule has 4 rings (SSSR count). The normalized spacial score (nSPS) is 10.7. The number of hydrogen-bond donors (Lipinski definition) is 2. The van der Waals surface area contributed by atoms with Crippen LogP contribution in [-0.2, 0) is 4.79 Å². The number of aryl methyl sites for hydroxylation is 1. The van der Waals surface area contributed by atoms with Crippen molar-refractivity contribution < 1.29 is 14.3 Å². The summed E-state index contributed by atoms with van der Waals surface area (Å²) in [7, 11) is 3.15. The van der Waals surface area contributed by atoms with Crippen LogP contribution < -0.4 is 20.1 Å². The van der Waals surface area contributed by atoms with E-state index in [0.717, 1.165) is 28.1 Å². The van der Waals surface area contributed by atoms with Crippen molar-refractivity contribution in [1.29, 1.82) is 0 Å². The van der Waals surface area contributed by atoms with E-state index in [4.69, 9.17) is 9.47 Å². The SMILES string of the molecule is COc1ccc(/C=C/C(=O)Nc2ccc(C)c(Nc3nccc(-c4cccnc4)n3)c2)cc1OC. The fourth-order valence-corrected chi connectivity index (χ4v) is 3.36. The molecule has 0 aliphatic carbocycles. The van der Waals surface area contributed by atoms with Crippen LogP contribution >= 0.6 is 0 Å². The molecule has 0 bridgehead atoms. The molecule has 2 N–H and O–H groups in total. The van der Waals surface area contributed by atoms with Gasteiger partial charge in [0.1, 0.15) is 0 Å². The Balaban J connectivity index is 1.46. The zero-order chi connectivity index (χ0) is 24.6. The lowest BCUT2D eigenvalue weighted by Crippen LogP contribution is -2.08. The number of benzene rings is 2. The summed E-state index contributed by atoms with van der Waals surface area (Å²) in [5, 5.41) is 6.12. The predicted octanol–water partition coefficient (Wildman–Crippen LogP) is 5.26. The van der Waals surface area contributed by atoms with Crippen LogP contribution in [0.4, 0.5) is 17.3 Å². The molecule has 0 saturated heterocycles. The first-order chi connectivity index (χ1) is 17.1. The Morgan fingerprint density at radius 2 is 1.83 bits per heavy atom. The van der Waals surface area contributed by atoms with Crippen molar-refractivity contribution in [2.75, 3.05) is 24.9 Å². The van der Waals surface area contributed by atoms with E-state index in [1.54, 1.807) is 51.0 Å². The second-order valence-corrected chi connectivity index (χ2v) is 7.60. The molecule has 8 nitrogen and oxygen atoms in total. The van der Waals surface area contributed by atoms with E-state index >= 15 is 0 Å². The summed E-state index contributed by atoms with van der Waals surface area (Å²) in [6, 6.07) is 16.7. The number of nitrogens with one attached hydrogen (secondary N) is 2. The molecule has 0 aliphatic rings. The van der Waals surface area contributed by atoms with Crippen LogP contribution in [0, 0.1) is 6.92 Å². The molecule has 2 aromatic heterocycles. The Labute approximate surface area is 203 Å². The molecule has 0 fully saturated rings. The number of carbonyl (C=O) groups is 1. The highest BCUT2D eigenvalue weighted by atomic mass is 16.5. The molecule has 1 amide bonds. The lowest BCUT2D eigenvalue weighted by atomic mass is 10.1. The number of anilines is 3. The van der Waals surface area contributed by atoms with Crippen LogP contribution in [0.5, 0.6) is 11.5 Å². The maximum absolute atomic E-state index is 12.5. The third-order valence-corrected chi connectivity index (χ3v) is 5.20. The zero-order valence-electron chi connectivity index (χ0n) is 19.6. The average molecular weight is 468 g/mol. The van der Waals surface area contributed by atoms with Crippen LogP contribution in [0.1, 0.15) is 11.1 Å². The van der Waals surface area contributed by atoms with Crippen LogP contribution in [-0.4, -0.2) is 35.1 Å². The van der Waals surface area contributed by atoms with Crippen LogP contribution in [0.3, 0.4) is 0 Å². The predicted molar refractivity (Wildman–Crippen MR) is 137 cm³/mol. The number of aromatic nitrogens is 3. The topological polar surface area (TPSA) is 98.3 Å². The van der Waals surface area contributed by atoms with Gasteiger partial charge in [-0.05, 0) is 66.6 Å². The molecule has 0 unspecified atom stereocenters. The molecular weight excluding hydrogens is 442 g/mol. The minimum Gasteiger partial charge on any atom is -0.493 e. The van der Waals surface area contributed by atoms with Crippen LogP contribution in [0.25, 0.3) is 17.3 Å². The van der Waals surface area contributed by atoms with Crippen molar-refractivity contribution in [3.05, 3.63) is 90.4 Å². The van der Waals surface area contributed by atoms with Crippen LogP contribution in [0.2, 0.25) is 0 Å². The first kappa shape index (κ1) is 23.4. The molecule has 0 atom stereocenters. The summed E-state index contributed by atoms with van der Waals surface area (Å²) >= 11 is 0.